The average molecular weight is 399 g/mol. The number of alkyl halides is 3. The van der Waals surface area contributed by atoms with Gasteiger partial charge in [0.1, 0.15) is 11.4 Å². The molecule has 10 heteroatoms. The monoisotopic (exact) mass is 399 g/mol. The molecule has 1 N–H and O–H groups in total. The van der Waals surface area contributed by atoms with Gasteiger partial charge in [0.25, 0.3) is 5.91 Å². The van der Waals surface area contributed by atoms with Gasteiger partial charge in [-0.15, -0.1) is 13.2 Å². The molecule has 29 heavy (non-hydrogen) atoms. The van der Waals surface area contributed by atoms with Crippen molar-refractivity contribution >= 4 is 17.2 Å². The smallest absolute Gasteiger partial charge is 0.406 e. The van der Waals surface area contributed by atoms with E-state index in [-0.39, 0.29) is 11.4 Å². The Morgan fingerprint density at radius 3 is 2.76 bits per heavy atom. The molecule has 7 nitrogen and oxygen atoms in total. The van der Waals surface area contributed by atoms with Crippen molar-refractivity contribution in [3.8, 4) is 17.0 Å². The maximum atomic E-state index is 12.5. The van der Waals surface area contributed by atoms with Crippen LogP contribution < -0.4 is 10.1 Å². The van der Waals surface area contributed by atoms with Crippen LogP contribution in [0, 0.1) is 0 Å². The number of nitrogens with one attached hydrogen (secondary N) is 1. The van der Waals surface area contributed by atoms with Crippen LogP contribution in [0.5, 0.6) is 5.75 Å². The Hall–Kier alpha value is -3.95. The van der Waals surface area contributed by atoms with Crippen LogP contribution >= 0.6 is 0 Å². The van der Waals surface area contributed by atoms with E-state index in [1.165, 1.54) is 36.8 Å². The average Bonchev–Trinajstić information content (AvgIpc) is 3.13. The molecule has 0 aliphatic rings. The van der Waals surface area contributed by atoms with E-state index in [0.717, 1.165) is 0 Å². The minimum atomic E-state index is -4.78. The third-order valence-electron chi connectivity index (χ3n) is 3.89. The van der Waals surface area contributed by atoms with Crippen molar-refractivity contribution < 1.29 is 22.7 Å². The molecule has 0 radical (unpaired) electrons. The van der Waals surface area contributed by atoms with Crippen LogP contribution in [0.15, 0.2) is 67.4 Å². The molecule has 0 saturated carbocycles. The highest BCUT2D eigenvalue weighted by molar-refractivity contribution is 6.04. The van der Waals surface area contributed by atoms with Gasteiger partial charge in [-0.05, 0) is 24.3 Å². The van der Waals surface area contributed by atoms with Crippen LogP contribution in [-0.2, 0) is 0 Å². The van der Waals surface area contributed by atoms with E-state index in [9.17, 15) is 18.0 Å². The second-order valence-electron chi connectivity index (χ2n) is 5.90. The topological polar surface area (TPSA) is 81.4 Å². The van der Waals surface area contributed by atoms with Gasteiger partial charge < -0.3 is 14.5 Å². The second-order valence-corrected chi connectivity index (χ2v) is 5.90. The molecule has 3 heterocycles. The van der Waals surface area contributed by atoms with Gasteiger partial charge in [-0.3, -0.25) is 9.78 Å². The van der Waals surface area contributed by atoms with Crippen LogP contribution in [0.25, 0.3) is 16.9 Å². The van der Waals surface area contributed by atoms with E-state index in [4.69, 9.17) is 0 Å². The molecule has 0 spiro atoms. The molecule has 1 aromatic carbocycles. The highest BCUT2D eigenvalue weighted by atomic mass is 19.4. The number of ether oxygens (including phenoxy) is 1. The van der Waals surface area contributed by atoms with Crippen molar-refractivity contribution in [3.63, 3.8) is 0 Å². The first kappa shape index (κ1) is 18.4. The third kappa shape index (κ3) is 4.15. The molecule has 1 amide bonds. The lowest BCUT2D eigenvalue weighted by molar-refractivity contribution is -0.274. The lowest BCUT2D eigenvalue weighted by atomic mass is 10.1. The van der Waals surface area contributed by atoms with Gasteiger partial charge >= 0.3 is 6.36 Å². The minimum Gasteiger partial charge on any atom is -0.406 e. The summed E-state index contributed by atoms with van der Waals surface area (Å²) >= 11 is 0. The summed E-state index contributed by atoms with van der Waals surface area (Å²) < 4.78 is 43.0. The van der Waals surface area contributed by atoms with Crippen molar-refractivity contribution in [2.24, 2.45) is 0 Å². The fourth-order valence-electron chi connectivity index (χ4n) is 2.70. The summed E-state index contributed by atoms with van der Waals surface area (Å²) in [5.41, 5.74) is 1.82. The number of anilines is 1. The molecule has 4 rings (SSSR count). The molecule has 0 fully saturated rings. The fourth-order valence-corrected chi connectivity index (χ4v) is 2.70. The Morgan fingerprint density at radius 1 is 1.14 bits per heavy atom. The van der Waals surface area contributed by atoms with Gasteiger partial charge in [0.2, 0.25) is 0 Å². The number of carbonyl (C=O) groups excluding carboxylic acids is 1. The zero-order valence-corrected chi connectivity index (χ0v) is 14.6. The van der Waals surface area contributed by atoms with Crippen LogP contribution in [-0.4, -0.2) is 31.6 Å². The highest BCUT2D eigenvalue weighted by Gasteiger charge is 2.31. The molecule has 0 unspecified atom stereocenters. The molecule has 0 atom stereocenters. The van der Waals surface area contributed by atoms with Gasteiger partial charge in [-0.25, -0.2) is 9.97 Å². The number of halogens is 3. The number of nitrogens with zero attached hydrogens (tertiary/aromatic N) is 4. The lowest BCUT2D eigenvalue weighted by Gasteiger charge is -2.09. The standard InChI is InChI=1S/C19H12F3N5O2/c20-19(21,22)29-13-4-1-3-12(9-13)16-11-27-8-2-5-14(17(27)25-16)26-18(28)15-10-23-6-7-24-15/h1-11H,(H,26,28). The molecule has 0 aliphatic heterocycles. The summed E-state index contributed by atoms with van der Waals surface area (Å²) in [7, 11) is 0. The van der Waals surface area contributed by atoms with Crippen molar-refractivity contribution in [2.45, 2.75) is 6.36 Å². The zero-order chi connectivity index (χ0) is 20.4. The third-order valence-corrected chi connectivity index (χ3v) is 3.89. The number of carbonyl (C=O) groups is 1. The number of hydrogen-bond donors (Lipinski definition) is 1. The van der Waals surface area contributed by atoms with E-state index in [2.05, 4.69) is 25.0 Å². The van der Waals surface area contributed by atoms with E-state index in [0.29, 0.717) is 22.6 Å². The fraction of sp³-hybridized carbons (Fsp3) is 0.0526. The Labute approximate surface area is 161 Å². The molecule has 0 saturated heterocycles. The predicted octanol–water partition coefficient (Wildman–Crippen LogP) is 3.94. The summed E-state index contributed by atoms with van der Waals surface area (Å²) in [6.07, 6.45) is 2.75. The van der Waals surface area contributed by atoms with Gasteiger partial charge in [0, 0.05) is 30.4 Å². The van der Waals surface area contributed by atoms with Gasteiger partial charge in [0.05, 0.1) is 17.6 Å². The summed E-state index contributed by atoms with van der Waals surface area (Å²) in [6, 6.07) is 8.86. The molecule has 146 valence electrons. The highest BCUT2D eigenvalue weighted by Crippen LogP contribution is 2.29. The zero-order valence-electron chi connectivity index (χ0n) is 14.6. The summed E-state index contributed by atoms with van der Waals surface area (Å²) in [6.45, 7) is 0. The SMILES string of the molecule is O=C(Nc1cccn2cc(-c3cccc(OC(F)(F)F)c3)nc12)c1cnccn1. The van der Waals surface area contributed by atoms with Crippen LogP contribution in [0.4, 0.5) is 18.9 Å². The largest absolute Gasteiger partial charge is 0.573 e. The summed E-state index contributed by atoms with van der Waals surface area (Å²) in [5, 5.41) is 2.71. The molecule has 0 aliphatic carbocycles. The molecule has 3 aromatic heterocycles. The number of amides is 1. The quantitative estimate of drug-likeness (QED) is 0.562. The normalized spacial score (nSPS) is 11.4. The van der Waals surface area contributed by atoms with E-state index >= 15 is 0 Å². The molecular formula is C19H12F3N5O2. The van der Waals surface area contributed by atoms with Crippen molar-refractivity contribution in [1.29, 1.82) is 0 Å². The Kier molecular flexibility index (Phi) is 4.59. The van der Waals surface area contributed by atoms with Gasteiger partial charge in [-0.2, -0.15) is 0 Å². The first-order valence-corrected chi connectivity index (χ1v) is 8.30. The van der Waals surface area contributed by atoms with Crippen molar-refractivity contribution in [2.75, 3.05) is 5.32 Å². The minimum absolute atomic E-state index is 0.137. The number of benzene rings is 1. The van der Waals surface area contributed by atoms with Crippen LogP contribution in [0.1, 0.15) is 10.5 Å². The first-order chi connectivity index (χ1) is 13.9. The maximum absolute atomic E-state index is 12.5. The summed E-state index contributed by atoms with van der Waals surface area (Å²) in [5.74, 6) is -0.806. The predicted molar refractivity (Wildman–Crippen MR) is 97.3 cm³/mol. The first-order valence-electron chi connectivity index (χ1n) is 8.30. The number of fused-ring (bicyclic) bond motifs is 1. The van der Waals surface area contributed by atoms with Crippen molar-refractivity contribution in [3.05, 3.63) is 73.1 Å². The number of imidazole rings is 1. The number of pyridine rings is 1. The Bertz CT molecular complexity index is 1180. The number of hydrogen-bond acceptors (Lipinski definition) is 5. The lowest BCUT2D eigenvalue weighted by Crippen LogP contribution is -2.17. The molecule has 0 bridgehead atoms. The van der Waals surface area contributed by atoms with Gasteiger partial charge in [-0.1, -0.05) is 12.1 Å². The van der Waals surface area contributed by atoms with E-state index < -0.39 is 12.3 Å². The number of aromatic nitrogens is 4. The van der Waals surface area contributed by atoms with Gasteiger partial charge in [0.15, 0.2) is 5.65 Å². The molecular weight excluding hydrogens is 387 g/mol. The van der Waals surface area contributed by atoms with Crippen molar-refractivity contribution in [1.82, 2.24) is 19.4 Å². The summed E-state index contributed by atoms with van der Waals surface area (Å²) in [4.78, 5) is 24.6. The maximum Gasteiger partial charge on any atom is 0.573 e. The Balaban J connectivity index is 1.66. The second kappa shape index (κ2) is 7.23. The van der Waals surface area contributed by atoms with E-state index in [1.54, 1.807) is 35.0 Å². The molecule has 4 aromatic rings. The number of rotatable bonds is 4. The van der Waals surface area contributed by atoms with Crippen LogP contribution in [0.3, 0.4) is 0 Å². The van der Waals surface area contributed by atoms with E-state index in [1.807, 2.05) is 0 Å². The Morgan fingerprint density at radius 2 is 2.00 bits per heavy atom. The van der Waals surface area contributed by atoms with Crippen LogP contribution in [0.2, 0.25) is 0 Å².